The lowest BCUT2D eigenvalue weighted by molar-refractivity contribution is 0.627. The van der Waals surface area contributed by atoms with Crippen molar-refractivity contribution in [2.45, 2.75) is 18.3 Å². The molecule has 0 bridgehead atoms. The average molecular weight is 789 g/mol. The molecule has 0 amide bonds. The molecule has 1 atom stereocenters. The Hall–Kier alpha value is -7.81. The second-order valence-corrected chi connectivity index (χ2v) is 17.1. The van der Waals surface area contributed by atoms with Crippen LogP contribution in [0.1, 0.15) is 28.7 Å². The molecule has 9 aromatic carbocycles. The Labute approximate surface area is 361 Å². The Morgan fingerprint density at radius 2 is 0.919 bits per heavy atom. The van der Waals surface area contributed by atoms with Crippen molar-refractivity contribution in [2.75, 3.05) is 0 Å². The molecule has 2 heteroatoms. The van der Waals surface area contributed by atoms with Crippen LogP contribution in [0.5, 0.6) is 0 Å². The number of pyridine rings is 1. The smallest absolute Gasteiger partial charge is 0.0702 e. The predicted molar refractivity (Wildman–Crippen MR) is 258 cm³/mol. The van der Waals surface area contributed by atoms with Gasteiger partial charge in [-0.25, -0.2) is 0 Å². The van der Waals surface area contributed by atoms with E-state index in [2.05, 4.69) is 210 Å². The summed E-state index contributed by atoms with van der Waals surface area (Å²) in [7, 11) is 0. The molecule has 2 nitrogen and oxygen atoms in total. The molecule has 290 valence electrons. The summed E-state index contributed by atoms with van der Waals surface area (Å²) in [5.74, 6) is 0. The van der Waals surface area contributed by atoms with Crippen molar-refractivity contribution in [3.63, 3.8) is 0 Å². The summed E-state index contributed by atoms with van der Waals surface area (Å²) in [4.78, 5) is 4.62. The highest BCUT2D eigenvalue weighted by atomic mass is 15.0. The van der Waals surface area contributed by atoms with Gasteiger partial charge in [0.2, 0.25) is 0 Å². The molecular weight excluding hydrogens is 749 g/mol. The van der Waals surface area contributed by atoms with Gasteiger partial charge in [-0.3, -0.25) is 4.98 Å². The minimum atomic E-state index is -0.256. The minimum absolute atomic E-state index is 0.256. The van der Waals surface area contributed by atoms with E-state index in [-0.39, 0.29) is 5.41 Å². The predicted octanol–water partition coefficient (Wildman–Crippen LogP) is 15.3. The summed E-state index contributed by atoms with van der Waals surface area (Å²) in [6.07, 6.45) is 3.94. The number of aromatic nitrogens is 2. The van der Waals surface area contributed by atoms with Crippen LogP contribution in [-0.2, 0) is 11.8 Å². The van der Waals surface area contributed by atoms with Gasteiger partial charge in [0.05, 0.1) is 16.7 Å². The number of fused-ring (bicyclic) bond motifs is 11. The van der Waals surface area contributed by atoms with E-state index in [1.54, 1.807) is 0 Å². The van der Waals surface area contributed by atoms with Crippen molar-refractivity contribution in [3.05, 3.63) is 241 Å². The van der Waals surface area contributed by atoms with E-state index in [9.17, 15) is 0 Å². The van der Waals surface area contributed by atoms with Crippen LogP contribution < -0.4 is 0 Å². The van der Waals surface area contributed by atoms with Gasteiger partial charge in [-0.05, 0) is 157 Å². The number of rotatable bonds is 5. The monoisotopic (exact) mass is 788 g/mol. The molecule has 2 aromatic heterocycles. The van der Waals surface area contributed by atoms with Crippen LogP contribution in [0.25, 0.3) is 94.0 Å². The molecule has 0 aliphatic heterocycles. The van der Waals surface area contributed by atoms with E-state index in [4.69, 9.17) is 0 Å². The molecule has 13 rings (SSSR count). The van der Waals surface area contributed by atoms with Crippen LogP contribution in [-0.4, -0.2) is 9.55 Å². The lowest BCUT2D eigenvalue weighted by Gasteiger charge is -2.30. The maximum atomic E-state index is 4.62. The highest BCUT2D eigenvalue weighted by molar-refractivity contribution is 6.09. The first-order chi connectivity index (χ1) is 30.7. The lowest BCUT2D eigenvalue weighted by Crippen LogP contribution is -2.23. The standard InChI is InChI=1S/C60H40N2/c1-2-12-44-36-54-47(34-40(44)11-1)30-31-60(54)55-37-45(39-22-26-49(27-23-39)62-58-20-5-3-17-52(58)53-18-4-6-21-59(53)62)24-28-50(55)51-29-25-46(38-56(51)60)42-14-9-13-41(33-42)43-15-10-16-48(35-43)57-19-7-8-32-61-57/h1-29,32-38H,30-31H2. The van der Waals surface area contributed by atoms with Crippen LogP contribution in [0, 0.1) is 0 Å². The van der Waals surface area contributed by atoms with Crippen molar-refractivity contribution < 1.29 is 0 Å². The van der Waals surface area contributed by atoms with Crippen LogP contribution in [0.15, 0.2) is 219 Å². The summed E-state index contributed by atoms with van der Waals surface area (Å²) >= 11 is 0. The van der Waals surface area contributed by atoms with E-state index < -0.39 is 0 Å². The van der Waals surface area contributed by atoms with E-state index in [0.29, 0.717) is 0 Å². The van der Waals surface area contributed by atoms with Gasteiger partial charge in [0, 0.05) is 33.6 Å². The van der Waals surface area contributed by atoms with E-state index in [1.807, 2.05) is 18.3 Å². The first kappa shape index (κ1) is 35.0. The second-order valence-electron chi connectivity index (χ2n) is 17.1. The topological polar surface area (TPSA) is 17.8 Å². The number of para-hydroxylation sites is 2. The number of hydrogen-bond acceptors (Lipinski definition) is 1. The van der Waals surface area contributed by atoms with Crippen molar-refractivity contribution in [1.82, 2.24) is 9.55 Å². The summed E-state index contributed by atoms with van der Waals surface area (Å²) < 4.78 is 2.40. The molecule has 2 aliphatic carbocycles. The fourth-order valence-corrected chi connectivity index (χ4v) is 11.0. The molecule has 0 saturated carbocycles. The molecule has 0 saturated heterocycles. The van der Waals surface area contributed by atoms with E-state index >= 15 is 0 Å². The molecule has 0 radical (unpaired) electrons. The number of aryl methyl sites for hydroxylation is 1. The van der Waals surface area contributed by atoms with Gasteiger partial charge in [0.1, 0.15) is 0 Å². The molecule has 2 aliphatic rings. The zero-order chi connectivity index (χ0) is 40.8. The summed E-state index contributed by atoms with van der Waals surface area (Å²) in [6.45, 7) is 0. The third-order valence-electron chi connectivity index (χ3n) is 13.8. The SMILES string of the molecule is c1ccc(-c2cccc(-c3cccc(-c4ccc5c(c4)C4(CCc6cc7ccccc7cc64)c4cc(-c6ccc(-n7c8ccccc8c8ccccc87)cc6)ccc4-5)c3)c2)nc1. The molecule has 1 spiro atoms. The Morgan fingerprint density at radius 1 is 0.387 bits per heavy atom. The fraction of sp³-hybridized carbons (Fsp3) is 0.0500. The van der Waals surface area contributed by atoms with Crippen LogP contribution in [0.4, 0.5) is 0 Å². The van der Waals surface area contributed by atoms with Gasteiger partial charge in [0.15, 0.2) is 0 Å². The minimum Gasteiger partial charge on any atom is -0.309 e. The van der Waals surface area contributed by atoms with Gasteiger partial charge in [-0.15, -0.1) is 0 Å². The zero-order valence-electron chi connectivity index (χ0n) is 34.1. The Morgan fingerprint density at radius 3 is 1.56 bits per heavy atom. The average Bonchev–Trinajstić information content (AvgIpc) is 3.98. The van der Waals surface area contributed by atoms with Crippen LogP contribution in [0.3, 0.4) is 0 Å². The Kier molecular flexibility index (Phi) is 7.68. The maximum Gasteiger partial charge on any atom is 0.0702 e. The van der Waals surface area contributed by atoms with Gasteiger partial charge in [-0.1, -0.05) is 146 Å². The largest absolute Gasteiger partial charge is 0.309 e. The molecule has 2 heterocycles. The third kappa shape index (κ3) is 5.26. The summed E-state index contributed by atoms with van der Waals surface area (Å²) in [5, 5.41) is 5.18. The number of hydrogen-bond donors (Lipinski definition) is 0. The number of nitrogens with zero attached hydrogens (tertiary/aromatic N) is 2. The first-order valence-electron chi connectivity index (χ1n) is 21.7. The van der Waals surface area contributed by atoms with Gasteiger partial charge < -0.3 is 4.57 Å². The first-order valence-corrected chi connectivity index (χ1v) is 21.7. The van der Waals surface area contributed by atoms with Gasteiger partial charge in [0.25, 0.3) is 0 Å². The fourth-order valence-electron chi connectivity index (χ4n) is 11.0. The summed E-state index contributed by atoms with van der Waals surface area (Å²) in [6, 6.07) is 78.9. The highest BCUT2D eigenvalue weighted by Gasteiger charge is 2.48. The molecule has 0 N–H and O–H groups in total. The van der Waals surface area contributed by atoms with Crippen molar-refractivity contribution in [3.8, 4) is 61.5 Å². The van der Waals surface area contributed by atoms with Crippen LogP contribution in [0.2, 0.25) is 0 Å². The van der Waals surface area contributed by atoms with Crippen molar-refractivity contribution in [2.24, 2.45) is 0 Å². The highest BCUT2D eigenvalue weighted by Crippen LogP contribution is 2.60. The lowest BCUT2D eigenvalue weighted by atomic mass is 9.72. The van der Waals surface area contributed by atoms with E-state index in [0.717, 1.165) is 24.1 Å². The third-order valence-corrected chi connectivity index (χ3v) is 13.8. The Bertz CT molecular complexity index is 3520. The molecule has 0 fully saturated rings. The zero-order valence-corrected chi connectivity index (χ0v) is 34.1. The number of benzene rings is 9. The Balaban J connectivity index is 0.933. The van der Waals surface area contributed by atoms with Crippen LogP contribution >= 0.6 is 0 Å². The normalized spacial score (nSPS) is 15.0. The van der Waals surface area contributed by atoms with Gasteiger partial charge in [-0.2, -0.15) is 0 Å². The molecular formula is C60H40N2. The van der Waals surface area contributed by atoms with Gasteiger partial charge >= 0.3 is 0 Å². The molecule has 62 heavy (non-hydrogen) atoms. The molecule has 11 aromatic rings. The maximum absolute atomic E-state index is 4.62. The van der Waals surface area contributed by atoms with E-state index in [1.165, 1.54) is 105 Å². The van der Waals surface area contributed by atoms with Crippen molar-refractivity contribution >= 4 is 32.6 Å². The summed E-state index contributed by atoms with van der Waals surface area (Å²) in [5.41, 5.74) is 21.2. The molecule has 1 unspecified atom stereocenters. The quantitative estimate of drug-likeness (QED) is 0.170. The van der Waals surface area contributed by atoms with Crippen molar-refractivity contribution in [1.29, 1.82) is 0 Å². The second kappa shape index (κ2) is 13.6.